The number of nitrogens with one attached hydrogen (secondary N) is 1. The van der Waals surface area contributed by atoms with E-state index in [1.54, 1.807) is 25.2 Å². The first-order chi connectivity index (χ1) is 5.25. The third-order valence-electron chi connectivity index (χ3n) is 1.37. The molecule has 0 radical (unpaired) electrons. The van der Waals surface area contributed by atoms with Crippen molar-refractivity contribution in [2.75, 3.05) is 12.4 Å². The number of rotatable bonds is 2. The highest BCUT2D eigenvalue weighted by molar-refractivity contribution is 5.85. The lowest BCUT2D eigenvalue weighted by Crippen LogP contribution is -1.95. The monoisotopic (exact) mass is 188 g/mol. The lowest BCUT2D eigenvalue weighted by molar-refractivity contribution is -0.383. The molecule has 12 heavy (non-hydrogen) atoms. The summed E-state index contributed by atoms with van der Waals surface area (Å²) in [7, 11) is 1.66. The van der Waals surface area contributed by atoms with Crippen LogP contribution >= 0.6 is 12.4 Å². The zero-order valence-electron chi connectivity index (χ0n) is 6.48. The number of nitro groups is 1. The van der Waals surface area contributed by atoms with Crippen molar-refractivity contribution in [2.24, 2.45) is 0 Å². The fourth-order valence-corrected chi connectivity index (χ4v) is 0.844. The second kappa shape index (κ2) is 4.56. The van der Waals surface area contributed by atoms with Crippen LogP contribution in [0.15, 0.2) is 24.3 Å². The Morgan fingerprint density at radius 1 is 1.42 bits per heavy atom. The first kappa shape index (κ1) is 10.7. The Hall–Kier alpha value is -1.29. The molecule has 0 spiro atoms. The van der Waals surface area contributed by atoms with Crippen molar-refractivity contribution >= 4 is 23.8 Å². The van der Waals surface area contributed by atoms with Crippen molar-refractivity contribution in [1.82, 2.24) is 0 Å². The summed E-state index contributed by atoms with van der Waals surface area (Å²) in [5, 5.41) is 13.1. The van der Waals surface area contributed by atoms with Gasteiger partial charge >= 0.3 is 0 Å². The average molecular weight is 189 g/mol. The van der Waals surface area contributed by atoms with Crippen molar-refractivity contribution in [1.29, 1.82) is 0 Å². The SMILES string of the molecule is CNc1ccccc1[N+](=O)[O-].Cl. The quantitative estimate of drug-likeness (QED) is 0.571. The van der Waals surface area contributed by atoms with E-state index in [0.29, 0.717) is 5.69 Å². The molecule has 0 amide bonds. The lowest BCUT2D eigenvalue weighted by atomic mass is 10.3. The number of para-hydroxylation sites is 2. The average Bonchev–Trinajstić information content (AvgIpc) is 2.04. The van der Waals surface area contributed by atoms with Gasteiger partial charge in [-0.15, -0.1) is 12.4 Å². The molecule has 1 aromatic rings. The van der Waals surface area contributed by atoms with E-state index < -0.39 is 4.92 Å². The molecule has 66 valence electrons. The Morgan fingerprint density at radius 3 is 2.42 bits per heavy atom. The predicted molar refractivity (Wildman–Crippen MR) is 49.9 cm³/mol. The molecule has 0 aromatic heterocycles. The number of halogens is 1. The summed E-state index contributed by atoms with van der Waals surface area (Å²) in [6.45, 7) is 0. The van der Waals surface area contributed by atoms with Gasteiger partial charge < -0.3 is 5.32 Å². The van der Waals surface area contributed by atoms with Gasteiger partial charge in [-0.25, -0.2) is 0 Å². The Bertz CT molecular complexity index is 278. The molecule has 0 fully saturated rings. The highest BCUT2D eigenvalue weighted by atomic mass is 35.5. The third kappa shape index (κ3) is 2.10. The number of hydrogen-bond acceptors (Lipinski definition) is 3. The van der Waals surface area contributed by atoms with Gasteiger partial charge in [-0.05, 0) is 6.07 Å². The van der Waals surface area contributed by atoms with E-state index in [4.69, 9.17) is 0 Å². The lowest BCUT2D eigenvalue weighted by Gasteiger charge is -1.98. The first-order valence-corrected chi connectivity index (χ1v) is 3.17. The second-order valence-corrected chi connectivity index (χ2v) is 2.02. The van der Waals surface area contributed by atoms with Gasteiger partial charge in [0.1, 0.15) is 5.69 Å². The smallest absolute Gasteiger partial charge is 0.292 e. The Balaban J connectivity index is 0.00000121. The minimum atomic E-state index is -0.411. The van der Waals surface area contributed by atoms with Crippen LogP contribution in [0.2, 0.25) is 0 Å². The van der Waals surface area contributed by atoms with E-state index in [1.165, 1.54) is 6.07 Å². The molecule has 0 aliphatic carbocycles. The van der Waals surface area contributed by atoms with E-state index >= 15 is 0 Å². The molecule has 5 heteroatoms. The van der Waals surface area contributed by atoms with Gasteiger partial charge in [0.05, 0.1) is 4.92 Å². The maximum absolute atomic E-state index is 10.3. The highest BCUT2D eigenvalue weighted by Gasteiger charge is 2.09. The minimum absolute atomic E-state index is 0. The van der Waals surface area contributed by atoms with Crippen molar-refractivity contribution in [3.05, 3.63) is 34.4 Å². The molecule has 1 N–H and O–H groups in total. The number of benzene rings is 1. The Kier molecular flexibility index (Phi) is 4.07. The zero-order chi connectivity index (χ0) is 8.27. The largest absolute Gasteiger partial charge is 0.383 e. The summed E-state index contributed by atoms with van der Waals surface area (Å²) in [5.41, 5.74) is 0.646. The van der Waals surface area contributed by atoms with Gasteiger partial charge in [-0.3, -0.25) is 10.1 Å². The van der Waals surface area contributed by atoms with E-state index in [-0.39, 0.29) is 18.1 Å². The maximum atomic E-state index is 10.3. The maximum Gasteiger partial charge on any atom is 0.292 e. The predicted octanol–water partition coefficient (Wildman–Crippen LogP) is 2.06. The third-order valence-corrected chi connectivity index (χ3v) is 1.37. The van der Waals surface area contributed by atoms with Gasteiger partial charge in [0.2, 0.25) is 0 Å². The minimum Gasteiger partial charge on any atom is -0.383 e. The summed E-state index contributed by atoms with van der Waals surface area (Å²) in [6.07, 6.45) is 0. The molecular formula is C7H9ClN2O2. The standard InChI is InChI=1S/C7H8N2O2.ClH/c1-8-6-4-2-3-5-7(6)9(10)11;/h2-5,8H,1H3;1H. The summed E-state index contributed by atoms with van der Waals surface area (Å²) < 4.78 is 0. The van der Waals surface area contributed by atoms with E-state index in [9.17, 15) is 10.1 Å². The molecule has 0 atom stereocenters. The topological polar surface area (TPSA) is 55.2 Å². The Labute approximate surface area is 76.2 Å². The molecule has 0 aliphatic heterocycles. The van der Waals surface area contributed by atoms with Crippen LogP contribution in [0.3, 0.4) is 0 Å². The molecule has 0 bridgehead atoms. The number of nitrogens with zero attached hydrogens (tertiary/aromatic N) is 1. The summed E-state index contributed by atoms with van der Waals surface area (Å²) in [5.74, 6) is 0. The number of nitro benzene ring substituents is 1. The van der Waals surface area contributed by atoms with Gasteiger partial charge in [-0.1, -0.05) is 12.1 Å². The molecule has 0 saturated carbocycles. The van der Waals surface area contributed by atoms with Gasteiger partial charge in [0.15, 0.2) is 0 Å². The number of anilines is 1. The molecule has 4 nitrogen and oxygen atoms in total. The van der Waals surface area contributed by atoms with Crippen molar-refractivity contribution in [3.63, 3.8) is 0 Å². The van der Waals surface area contributed by atoms with Crippen LogP contribution in [0.4, 0.5) is 11.4 Å². The van der Waals surface area contributed by atoms with Gasteiger partial charge in [-0.2, -0.15) is 0 Å². The molecule has 0 heterocycles. The summed E-state index contributed by atoms with van der Waals surface area (Å²) in [6, 6.07) is 6.52. The van der Waals surface area contributed by atoms with Crippen LogP contribution in [-0.2, 0) is 0 Å². The van der Waals surface area contributed by atoms with Crippen LogP contribution in [-0.4, -0.2) is 12.0 Å². The summed E-state index contributed by atoms with van der Waals surface area (Å²) >= 11 is 0. The van der Waals surface area contributed by atoms with Crippen LogP contribution in [0.25, 0.3) is 0 Å². The summed E-state index contributed by atoms with van der Waals surface area (Å²) in [4.78, 5) is 9.94. The van der Waals surface area contributed by atoms with Crippen LogP contribution in [0, 0.1) is 10.1 Å². The molecule has 0 saturated heterocycles. The van der Waals surface area contributed by atoms with E-state index in [0.717, 1.165) is 0 Å². The molecule has 0 aliphatic rings. The highest BCUT2D eigenvalue weighted by Crippen LogP contribution is 2.21. The zero-order valence-corrected chi connectivity index (χ0v) is 7.30. The molecule has 0 unspecified atom stereocenters. The van der Waals surface area contributed by atoms with Crippen LogP contribution in [0.5, 0.6) is 0 Å². The fourth-order valence-electron chi connectivity index (χ4n) is 0.844. The van der Waals surface area contributed by atoms with Crippen LogP contribution < -0.4 is 5.32 Å². The first-order valence-electron chi connectivity index (χ1n) is 3.17. The van der Waals surface area contributed by atoms with E-state index in [2.05, 4.69) is 5.32 Å². The van der Waals surface area contributed by atoms with Crippen molar-refractivity contribution in [3.8, 4) is 0 Å². The second-order valence-electron chi connectivity index (χ2n) is 2.02. The van der Waals surface area contributed by atoms with Crippen molar-refractivity contribution in [2.45, 2.75) is 0 Å². The normalized spacial score (nSPS) is 8.42. The van der Waals surface area contributed by atoms with Gasteiger partial charge in [0, 0.05) is 13.1 Å². The number of hydrogen-bond donors (Lipinski definition) is 1. The Morgan fingerprint density at radius 2 is 2.00 bits per heavy atom. The van der Waals surface area contributed by atoms with E-state index in [1.807, 2.05) is 0 Å². The van der Waals surface area contributed by atoms with Crippen LogP contribution in [0.1, 0.15) is 0 Å². The fraction of sp³-hybridized carbons (Fsp3) is 0.143. The van der Waals surface area contributed by atoms with Gasteiger partial charge in [0.25, 0.3) is 5.69 Å². The molecular weight excluding hydrogens is 180 g/mol. The molecule has 1 aromatic carbocycles. The van der Waals surface area contributed by atoms with Crippen molar-refractivity contribution < 1.29 is 4.92 Å². The molecule has 1 rings (SSSR count).